The molecule has 86 valence electrons. The predicted octanol–water partition coefficient (Wildman–Crippen LogP) is 3.18. The van der Waals surface area contributed by atoms with Gasteiger partial charge in [-0.15, -0.1) is 0 Å². The molecule has 0 spiro atoms. The molecule has 2 nitrogen and oxygen atoms in total. The molecule has 0 saturated carbocycles. The molecule has 0 aromatic heterocycles. The van der Waals surface area contributed by atoms with Crippen molar-refractivity contribution >= 4 is 11.4 Å². The molecule has 1 atom stereocenters. The standard InChI is InChI=1S/C15H15NO/c1-10-6-7-15-12(8-10)13(9-17)11-4-2-3-5-14(11)16-15/h2-8,13,16-17H,9H2,1H3. The molecule has 0 bridgehead atoms. The Bertz CT molecular complexity index is 563. The van der Waals surface area contributed by atoms with Crippen molar-refractivity contribution in [2.75, 3.05) is 11.9 Å². The summed E-state index contributed by atoms with van der Waals surface area (Å²) < 4.78 is 0. The van der Waals surface area contributed by atoms with Gasteiger partial charge in [-0.05, 0) is 30.2 Å². The van der Waals surface area contributed by atoms with Crippen LogP contribution in [0.3, 0.4) is 0 Å². The second-order valence-corrected chi connectivity index (χ2v) is 4.54. The summed E-state index contributed by atoms with van der Waals surface area (Å²) in [6.07, 6.45) is 0. The van der Waals surface area contributed by atoms with Crippen LogP contribution < -0.4 is 5.32 Å². The summed E-state index contributed by atoms with van der Waals surface area (Å²) >= 11 is 0. The Morgan fingerprint density at radius 2 is 1.82 bits per heavy atom. The maximum absolute atomic E-state index is 9.65. The Balaban J connectivity index is 2.19. The van der Waals surface area contributed by atoms with Crippen molar-refractivity contribution in [3.63, 3.8) is 0 Å². The van der Waals surface area contributed by atoms with Gasteiger partial charge in [-0.2, -0.15) is 0 Å². The van der Waals surface area contributed by atoms with Gasteiger partial charge in [0.05, 0.1) is 6.61 Å². The average Bonchev–Trinajstić information content (AvgIpc) is 2.36. The van der Waals surface area contributed by atoms with Crippen molar-refractivity contribution in [3.8, 4) is 0 Å². The largest absolute Gasteiger partial charge is 0.395 e. The molecule has 2 aromatic carbocycles. The molecule has 0 amide bonds. The normalized spacial score (nSPS) is 16.9. The molecule has 2 aromatic rings. The molecular formula is C15H15NO. The molecule has 1 aliphatic rings. The second-order valence-electron chi connectivity index (χ2n) is 4.54. The molecule has 1 aliphatic heterocycles. The van der Waals surface area contributed by atoms with Crippen LogP contribution in [0, 0.1) is 6.92 Å². The van der Waals surface area contributed by atoms with Gasteiger partial charge in [0.2, 0.25) is 0 Å². The van der Waals surface area contributed by atoms with E-state index >= 15 is 0 Å². The van der Waals surface area contributed by atoms with Crippen LogP contribution in [0.5, 0.6) is 0 Å². The van der Waals surface area contributed by atoms with Gasteiger partial charge in [-0.25, -0.2) is 0 Å². The van der Waals surface area contributed by atoms with E-state index in [0.717, 1.165) is 11.4 Å². The summed E-state index contributed by atoms with van der Waals surface area (Å²) in [4.78, 5) is 0. The molecule has 3 rings (SSSR count). The van der Waals surface area contributed by atoms with Crippen molar-refractivity contribution in [1.29, 1.82) is 0 Å². The molecule has 0 aliphatic carbocycles. The summed E-state index contributed by atoms with van der Waals surface area (Å²) in [6, 6.07) is 14.5. The van der Waals surface area contributed by atoms with Crippen LogP contribution in [0.25, 0.3) is 0 Å². The monoisotopic (exact) mass is 225 g/mol. The quantitative estimate of drug-likeness (QED) is 0.781. The molecule has 2 heteroatoms. The third-order valence-electron chi connectivity index (χ3n) is 3.37. The van der Waals surface area contributed by atoms with Crippen LogP contribution in [0.2, 0.25) is 0 Å². The van der Waals surface area contributed by atoms with E-state index in [1.807, 2.05) is 12.1 Å². The number of para-hydroxylation sites is 1. The van der Waals surface area contributed by atoms with Crippen molar-refractivity contribution in [3.05, 3.63) is 59.2 Å². The molecule has 0 radical (unpaired) electrons. The minimum absolute atomic E-state index is 0.0855. The summed E-state index contributed by atoms with van der Waals surface area (Å²) in [5.41, 5.74) is 5.79. The van der Waals surface area contributed by atoms with Gasteiger partial charge in [0, 0.05) is 17.3 Å². The Hall–Kier alpha value is -1.80. The molecule has 2 N–H and O–H groups in total. The van der Waals surface area contributed by atoms with Crippen LogP contribution in [-0.2, 0) is 0 Å². The van der Waals surface area contributed by atoms with Gasteiger partial charge in [0.15, 0.2) is 0 Å². The van der Waals surface area contributed by atoms with E-state index in [1.165, 1.54) is 16.7 Å². The van der Waals surface area contributed by atoms with E-state index in [-0.39, 0.29) is 12.5 Å². The Morgan fingerprint density at radius 3 is 2.65 bits per heavy atom. The smallest absolute Gasteiger partial charge is 0.0542 e. The fraction of sp³-hybridized carbons (Fsp3) is 0.200. The van der Waals surface area contributed by atoms with Crippen LogP contribution in [0.1, 0.15) is 22.6 Å². The molecular weight excluding hydrogens is 210 g/mol. The minimum atomic E-state index is 0.0855. The molecule has 17 heavy (non-hydrogen) atoms. The number of hydrogen-bond acceptors (Lipinski definition) is 2. The van der Waals surface area contributed by atoms with Crippen LogP contribution >= 0.6 is 0 Å². The third kappa shape index (κ3) is 1.61. The number of hydrogen-bond donors (Lipinski definition) is 2. The summed E-state index contributed by atoms with van der Waals surface area (Å²) in [6.45, 7) is 2.23. The van der Waals surface area contributed by atoms with Crippen molar-refractivity contribution in [2.45, 2.75) is 12.8 Å². The maximum Gasteiger partial charge on any atom is 0.0542 e. The Kier molecular flexibility index (Phi) is 2.37. The molecule has 0 saturated heterocycles. The number of aryl methyl sites for hydroxylation is 1. The maximum atomic E-state index is 9.65. The van der Waals surface area contributed by atoms with Crippen molar-refractivity contribution < 1.29 is 5.11 Å². The lowest BCUT2D eigenvalue weighted by molar-refractivity contribution is 0.280. The van der Waals surface area contributed by atoms with Crippen molar-refractivity contribution in [2.24, 2.45) is 0 Å². The first-order valence-corrected chi connectivity index (χ1v) is 5.87. The lowest BCUT2D eigenvalue weighted by Gasteiger charge is -2.28. The minimum Gasteiger partial charge on any atom is -0.395 e. The zero-order chi connectivity index (χ0) is 11.8. The lowest BCUT2D eigenvalue weighted by Crippen LogP contribution is -2.15. The number of anilines is 2. The van der Waals surface area contributed by atoms with E-state index in [4.69, 9.17) is 0 Å². The SMILES string of the molecule is Cc1ccc2c(c1)C(CO)c1ccccc1N2. The van der Waals surface area contributed by atoms with E-state index in [9.17, 15) is 5.11 Å². The summed E-state index contributed by atoms with van der Waals surface area (Å²) in [5, 5.41) is 13.1. The van der Waals surface area contributed by atoms with E-state index in [2.05, 4.69) is 42.6 Å². The van der Waals surface area contributed by atoms with Gasteiger partial charge in [0.1, 0.15) is 0 Å². The number of benzene rings is 2. The highest BCUT2D eigenvalue weighted by Gasteiger charge is 2.24. The lowest BCUT2D eigenvalue weighted by atomic mass is 9.86. The van der Waals surface area contributed by atoms with Gasteiger partial charge in [-0.1, -0.05) is 35.9 Å². The topological polar surface area (TPSA) is 32.3 Å². The first-order valence-electron chi connectivity index (χ1n) is 5.87. The van der Waals surface area contributed by atoms with Crippen LogP contribution in [0.15, 0.2) is 42.5 Å². The highest BCUT2D eigenvalue weighted by molar-refractivity contribution is 5.73. The average molecular weight is 225 g/mol. The first-order chi connectivity index (χ1) is 8.29. The molecule has 0 fully saturated rings. The van der Waals surface area contributed by atoms with Gasteiger partial charge in [-0.3, -0.25) is 0 Å². The third-order valence-corrected chi connectivity index (χ3v) is 3.37. The molecule has 1 heterocycles. The number of aliphatic hydroxyl groups excluding tert-OH is 1. The fourth-order valence-corrected chi connectivity index (χ4v) is 2.51. The number of rotatable bonds is 1. The zero-order valence-corrected chi connectivity index (χ0v) is 9.77. The predicted molar refractivity (Wildman–Crippen MR) is 69.8 cm³/mol. The van der Waals surface area contributed by atoms with Gasteiger partial charge < -0.3 is 10.4 Å². The summed E-state index contributed by atoms with van der Waals surface area (Å²) in [5.74, 6) is 0.0855. The van der Waals surface area contributed by atoms with E-state index < -0.39 is 0 Å². The number of fused-ring (bicyclic) bond motifs is 2. The van der Waals surface area contributed by atoms with Crippen molar-refractivity contribution in [1.82, 2.24) is 0 Å². The highest BCUT2D eigenvalue weighted by Crippen LogP contribution is 2.40. The first kappa shape index (κ1) is 10.4. The Morgan fingerprint density at radius 1 is 1.06 bits per heavy atom. The zero-order valence-electron chi connectivity index (χ0n) is 9.77. The Labute approximate surface area is 101 Å². The highest BCUT2D eigenvalue weighted by atomic mass is 16.3. The number of nitrogens with one attached hydrogen (secondary N) is 1. The van der Waals surface area contributed by atoms with Crippen LogP contribution in [0.4, 0.5) is 11.4 Å². The van der Waals surface area contributed by atoms with Gasteiger partial charge >= 0.3 is 0 Å². The van der Waals surface area contributed by atoms with E-state index in [1.54, 1.807) is 0 Å². The van der Waals surface area contributed by atoms with Gasteiger partial charge in [0.25, 0.3) is 0 Å². The number of aliphatic hydroxyl groups is 1. The summed E-state index contributed by atoms with van der Waals surface area (Å²) in [7, 11) is 0. The van der Waals surface area contributed by atoms with E-state index in [0.29, 0.717) is 0 Å². The second kappa shape index (κ2) is 3.90. The fourth-order valence-electron chi connectivity index (χ4n) is 2.51. The molecule has 1 unspecified atom stereocenters. The van der Waals surface area contributed by atoms with Crippen LogP contribution in [-0.4, -0.2) is 11.7 Å².